The van der Waals surface area contributed by atoms with E-state index in [1.807, 2.05) is 6.92 Å². The normalized spacial score (nSPS) is 19.8. The molecule has 1 aromatic rings. The van der Waals surface area contributed by atoms with Crippen LogP contribution in [-0.4, -0.2) is 58.7 Å². The number of nitrogens with zero attached hydrogens (tertiary/aromatic N) is 2. The fourth-order valence-corrected chi connectivity index (χ4v) is 2.85. The van der Waals surface area contributed by atoms with Crippen molar-refractivity contribution >= 4 is 29.4 Å². The molecule has 1 fully saturated rings. The number of aromatic nitrogens is 1. The molecule has 2 heterocycles. The highest BCUT2D eigenvalue weighted by Crippen LogP contribution is 2.16. The molecule has 2 rings (SSSR count). The Balaban J connectivity index is 1.75. The number of rotatable bonds is 5. The van der Waals surface area contributed by atoms with Gasteiger partial charge in [-0.1, -0.05) is 5.16 Å². The van der Waals surface area contributed by atoms with E-state index in [2.05, 4.69) is 10.5 Å². The molecule has 0 aromatic carbocycles. The van der Waals surface area contributed by atoms with Crippen molar-refractivity contribution in [1.29, 1.82) is 0 Å². The molecular formula is C14H21N3O4S. The summed E-state index contributed by atoms with van der Waals surface area (Å²) in [5.74, 6) is 1.15. The van der Waals surface area contributed by atoms with E-state index in [1.54, 1.807) is 24.8 Å². The van der Waals surface area contributed by atoms with E-state index in [9.17, 15) is 9.59 Å². The van der Waals surface area contributed by atoms with Crippen LogP contribution in [0.15, 0.2) is 10.6 Å². The second-order valence-corrected chi connectivity index (χ2v) is 6.62. The molecule has 0 radical (unpaired) electrons. The summed E-state index contributed by atoms with van der Waals surface area (Å²) >= 11 is 1.31. The minimum Gasteiger partial charge on any atom is -0.375 e. The molecule has 22 heavy (non-hydrogen) atoms. The number of hydrogen-bond donors (Lipinski definition) is 1. The maximum atomic E-state index is 12.1. The summed E-state index contributed by atoms with van der Waals surface area (Å²) < 4.78 is 10.3. The molecule has 0 saturated carbocycles. The highest BCUT2D eigenvalue weighted by Gasteiger charge is 2.23. The lowest BCUT2D eigenvalue weighted by atomic mass is 10.3. The van der Waals surface area contributed by atoms with Crippen molar-refractivity contribution < 1.29 is 18.8 Å². The van der Waals surface area contributed by atoms with Crippen LogP contribution in [0.3, 0.4) is 0 Å². The summed E-state index contributed by atoms with van der Waals surface area (Å²) in [6.45, 7) is 7.26. The number of carbonyl (C=O) groups is 2. The highest BCUT2D eigenvalue weighted by atomic mass is 32.2. The van der Waals surface area contributed by atoms with Crippen LogP contribution in [0.25, 0.3) is 0 Å². The van der Waals surface area contributed by atoms with Crippen molar-refractivity contribution in [2.45, 2.75) is 32.1 Å². The van der Waals surface area contributed by atoms with E-state index in [1.165, 1.54) is 11.8 Å². The third-order valence-corrected chi connectivity index (χ3v) is 4.43. The Hall–Kier alpha value is -1.54. The largest absolute Gasteiger partial charge is 0.375 e. The number of amides is 2. The smallest absolute Gasteiger partial charge is 0.238 e. The van der Waals surface area contributed by atoms with Crippen LogP contribution in [0, 0.1) is 6.92 Å². The molecule has 0 bridgehead atoms. The van der Waals surface area contributed by atoms with Gasteiger partial charge < -0.3 is 19.5 Å². The van der Waals surface area contributed by atoms with Crippen LogP contribution in [0.1, 0.15) is 19.6 Å². The maximum Gasteiger partial charge on any atom is 0.238 e. The third kappa shape index (κ3) is 4.74. The molecule has 8 heteroatoms. The second-order valence-electron chi connectivity index (χ2n) is 5.29. The number of anilines is 1. The van der Waals surface area contributed by atoms with Crippen molar-refractivity contribution in [3.63, 3.8) is 0 Å². The first-order chi connectivity index (χ1) is 10.5. The molecule has 2 atom stereocenters. The Morgan fingerprint density at radius 3 is 3.00 bits per heavy atom. The van der Waals surface area contributed by atoms with E-state index in [0.29, 0.717) is 31.3 Å². The molecule has 0 aliphatic carbocycles. The van der Waals surface area contributed by atoms with Crippen molar-refractivity contribution in [1.82, 2.24) is 10.1 Å². The fourth-order valence-electron chi connectivity index (χ4n) is 2.06. The van der Waals surface area contributed by atoms with Gasteiger partial charge in [-0.3, -0.25) is 9.59 Å². The SMILES string of the molecule is Cc1cc(NC(=O)C(C)SCC(=O)N2CCOC(C)C2)no1. The van der Waals surface area contributed by atoms with Gasteiger partial charge in [0.1, 0.15) is 5.76 Å². The zero-order valence-electron chi connectivity index (χ0n) is 13.0. The number of ether oxygens (including phenoxy) is 1. The molecule has 122 valence electrons. The van der Waals surface area contributed by atoms with Crippen LogP contribution >= 0.6 is 11.8 Å². The van der Waals surface area contributed by atoms with Gasteiger partial charge in [0, 0.05) is 19.2 Å². The van der Waals surface area contributed by atoms with E-state index in [0.717, 1.165) is 0 Å². The van der Waals surface area contributed by atoms with E-state index < -0.39 is 0 Å². The molecule has 0 spiro atoms. The van der Waals surface area contributed by atoms with Crippen molar-refractivity contribution in [2.75, 3.05) is 30.8 Å². The lowest BCUT2D eigenvalue weighted by molar-refractivity contribution is -0.135. The molecule has 1 saturated heterocycles. The average molecular weight is 327 g/mol. The monoisotopic (exact) mass is 327 g/mol. The van der Waals surface area contributed by atoms with Gasteiger partial charge in [-0.25, -0.2) is 0 Å². The number of hydrogen-bond acceptors (Lipinski definition) is 6. The first-order valence-corrected chi connectivity index (χ1v) is 8.25. The summed E-state index contributed by atoms with van der Waals surface area (Å²) in [5.41, 5.74) is 0. The summed E-state index contributed by atoms with van der Waals surface area (Å²) in [4.78, 5) is 25.9. The molecule has 1 aliphatic heterocycles. The van der Waals surface area contributed by atoms with Crippen molar-refractivity contribution in [3.05, 3.63) is 11.8 Å². The van der Waals surface area contributed by atoms with Gasteiger partial charge in [0.05, 0.1) is 23.7 Å². The van der Waals surface area contributed by atoms with Crippen LogP contribution in [0.4, 0.5) is 5.82 Å². The molecule has 1 aliphatic rings. The number of thioether (sulfide) groups is 1. The highest BCUT2D eigenvalue weighted by molar-refractivity contribution is 8.01. The molecule has 2 amide bonds. The van der Waals surface area contributed by atoms with Crippen LogP contribution in [0.5, 0.6) is 0 Å². The first kappa shape index (κ1) is 16.8. The standard InChI is InChI=1S/C14H21N3O4S/c1-9-6-12(16-21-9)15-14(19)11(3)22-8-13(18)17-4-5-20-10(2)7-17/h6,10-11H,4-5,7-8H2,1-3H3,(H,15,16,19). The predicted molar refractivity (Wildman–Crippen MR) is 83.8 cm³/mol. The Morgan fingerprint density at radius 1 is 1.59 bits per heavy atom. The zero-order chi connectivity index (χ0) is 16.1. The number of nitrogens with one attached hydrogen (secondary N) is 1. The van der Waals surface area contributed by atoms with E-state index in [-0.39, 0.29) is 28.9 Å². The number of aryl methyl sites for hydroxylation is 1. The first-order valence-electron chi connectivity index (χ1n) is 7.21. The third-order valence-electron chi connectivity index (χ3n) is 3.30. The quantitative estimate of drug-likeness (QED) is 0.877. The predicted octanol–water partition coefficient (Wildman–Crippen LogP) is 1.29. The summed E-state index contributed by atoms with van der Waals surface area (Å²) in [7, 11) is 0. The Bertz CT molecular complexity index is 534. The summed E-state index contributed by atoms with van der Waals surface area (Å²) in [6.07, 6.45) is 0.0684. The van der Waals surface area contributed by atoms with Gasteiger partial charge in [-0.05, 0) is 20.8 Å². The van der Waals surface area contributed by atoms with Gasteiger partial charge in [0.25, 0.3) is 0 Å². The van der Waals surface area contributed by atoms with Gasteiger partial charge in [-0.2, -0.15) is 0 Å². The minimum atomic E-state index is -0.348. The van der Waals surface area contributed by atoms with Gasteiger partial charge in [0.15, 0.2) is 5.82 Å². The summed E-state index contributed by atoms with van der Waals surface area (Å²) in [6, 6.07) is 1.65. The van der Waals surface area contributed by atoms with Gasteiger partial charge in [0.2, 0.25) is 11.8 Å². The molecule has 1 N–H and O–H groups in total. The minimum absolute atomic E-state index is 0.0390. The number of carbonyl (C=O) groups excluding carboxylic acids is 2. The van der Waals surface area contributed by atoms with Crippen molar-refractivity contribution in [2.24, 2.45) is 0 Å². The Morgan fingerprint density at radius 2 is 2.36 bits per heavy atom. The lowest BCUT2D eigenvalue weighted by Gasteiger charge is -2.31. The van der Waals surface area contributed by atoms with E-state index in [4.69, 9.17) is 9.26 Å². The van der Waals surface area contributed by atoms with Crippen LogP contribution in [0.2, 0.25) is 0 Å². The van der Waals surface area contributed by atoms with Gasteiger partial charge in [-0.15, -0.1) is 11.8 Å². The van der Waals surface area contributed by atoms with Crippen LogP contribution in [-0.2, 0) is 14.3 Å². The summed E-state index contributed by atoms with van der Waals surface area (Å²) in [5, 5.41) is 6.03. The molecular weight excluding hydrogens is 306 g/mol. The molecule has 1 aromatic heterocycles. The van der Waals surface area contributed by atoms with Crippen LogP contribution < -0.4 is 5.32 Å². The number of morpholine rings is 1. The Labute approximate surface area is 133 Å². The fraction of sp³-hybridized carbons (Fsp3) is 0.643. The second kappa shape index (κ2) is 7.64. The van der Waals surface area contributed by atoms with Crippen molar-refractivity contribution in [3.8, 4) is 0 Å². The van der Waals surface area contributed by atoms with Gasteiger partial charge >= 0.3 is 0 Å². The molecule has 7 nitrogen and oxygen atoms in total. The maximum absolute atomic E-state index is 12.1. The zero-order valence-corrected chi connectivity index (χ0v) is 13.8. The lowest BCUT2D eigenvalue weighted by Crippen LogP contribution is -2.45. The Kier molecular flexibility index (Phi) is 5.84. The average Bonchev–Trinajstić information content (AvgIpc) is 2.89. The topological polar surface area (TPSA) is 84.7 Å². The molecule has 2 unspecified atom stereocenters. The van der Waals surface area contributed by atoms with E-state index >= 15 is 0 Å².